The molecule has 1 aromatic carbocycles. The number of thioether (sulfide) groups is 1. The maximum atomic E-state index is 12.1. The summed E-state index contributed by atoms with van der Waals surface area (Å²) in [5, 5.41) is 2.69. The molecule has 0 amide bonds. The van der Waals surface area contributed by atoms with Crippen molar-refractivity contribution in [3.63, 3.8) is 0 Å². The van der Waals surface area contributed by atoms with Gasteiger partial charge in [-0.15, -0.1) is 11.3 Å². The molecule has 0 spiro atoms. The largest absolute Gasteiger partial charge is 0.497 e. The zero-order chi connectivity index (χ0) is 17.2. The molecule has 25 heavy (non-hydrogen) atoms. The highest BCUT2D eigenvalue weighted by Crippen LogP contribution is 2.25. The van der Waals surface area contributed by atoms with Crippen LogP contribution < -0.4 is 10.3 Å². The van der Waals surface area contributed by atoms with E-state index in [1.54, 1.807) is 30.0 Å². The monoisotopic (exact) mass is 370 g/mol. The maximum Gasteiger partial charge on any atom is 0.258 e. The van der Waals surface area contributed by atoms with Gasteiger partial charge in [-0.1, -0.05) is 17.8 Å². The van der Waals surface area contributed by atoms with Crippen LogP contribution in [0.1, 0.15) is 5.69 Å². The van der Waals surface area contributed by atoms with Gasteiger partial charge >= 0.3 is 0 Å². The van der Waals surface area contributed by atoms with Crippen LogP contribution in [0.25, 0.3) is 10.6 Å². The minimum Gasteiger partial charge on any atom is -0.497 e. The molecular weight excluding hydrogens is 356 g/mol. The van der Waals surface area contributed by atoms with Gasteiger partial charge in [0.15, 0.2) is 10.1 Å². The number of rotatable bonds is 5. The van der Waals surface area contributed by atoms with Crippen molar-refractivity contribution in [2.24, 2.45) is 0 Å². The summed E-state index contributed by atoms with van der Waals surface area (Å²) in [7, 11) is 1.65. The van der Waals surface area contributed by atoms with Crippen LogP contribution in [0.2, 0.25) is 0 Å². The molecule has 3 aromatic heterocycles. The minimum atomic E-state index is -0.0574. The summed E-state index contributed by atoms with van der Waals surface area (Å²) in [6, 6.07) is 9.37. The molecule has 0 atom stereocenters. The van der Waals surface area contributed by atoms with Crippen molar-refractivity contribution in [3.05, 3.63) is 70.4 Å². The second-order valence-electron chi connectivity index (χ2n) is 5.21. The van der Waals surface area contributed by atoms with E-state index in [1.165, 1.54) is 23.1 Å². The van der Waals surface area contributed by atoms with Gasteiger partial charge in [0.05, 0.1) is 18.5 Å². The van der Waals surface area contributed by atoms with Gasteiger partial charge in [0.25, 0.3) is 5.56 Å². The minimum absolute atomic E-state index is 0.0574. The molecule has 0 aliphatic rings. The van der Waals surface area contributed by atoms with Gasteiger partial charge in [-0.05, 0) is 12.1 Å². The smallest absolute Gasteiger partial charge is 0.258 e. The summed E-state index contributed by atoms with van der Waals surface area (Å²) >= 11 is 2.99. The van der Waals surface area contributed by atoms with Gasteiger partial charge in [-0.2, -0.15) is 0 Å². The van der Waals surface area contributed by atoms with Crippen molar-refractivity contribution in [1.29, 1.82) is 0 Å². The summed E-state index contributed by atoms with van der Waals surface area (Å²) in [6.07, 6.45) is 5.40. The number of aromatic nitrogens is 4. The van der Waals surface area contributed by atoms with E-state index >= 15 is 0 Å². The Hall–Kier alpha value is -2.58. The van der Waals surface area contributed by atoms with Crippen LogP contribution in [0, 0.1) is 0 Å². The number of nitrogens with zero attached hydrogens (tertiary/aromatic N) is 4. The van der Waals surface area contributed by atoms with Gasteiger partial charge < -0.3 is 4.74 Å². The summed E-state index contributed by atoms with van der Waals surface area (Å²) in [5.41, 5.74) is 1.66. The molecule has 0 bridgehead atoms. The number of benzene rings is 1. The zero-order valence-corrected chi connectivity index (χ0v) is 15.0. The first kappa shape index (κ1) is 15.9. The Bertz CT molecular complexity index is 1080. The number of thiazole rings is 1. The molecule has 0 aliphatic carbocycles. The maximum absolute atomic E-state index is 12.1. The SMILES string of the molecule is COc1cccc(-n2ccnc2SCc2cc(=O)n3ccsc3n2)c1. The number of hydrogen-bond acceptors (Lipinski definition) is 6. The van der Waals surface area contributed by atoms with Crippen molar-refractivity contribution in [2.75, 3.05) is 7.11 Å². The van der Waals surface area contributed by atoms with E-state index in [1.807, 2.05) is 40.4 Å². The Kier molecular flexibility index (Phi) is 4.29. The van der Waals surface area contributed by atoms with Crippen molar-refractivity contribution >= 4 is 28.1 Å². The van der Waals surface area contributed by atoms with Crippen LogP contribution in [0.5, 0.6) is 5.75 Å². The third-order valence-corrected chi connectivity index (χ3v) is 5.40. The Morgan fingerprint density at radius 3 is 3.08 bits per heavy atom. The molecule has 0 aliphatic heterocycles. The fourth-order valence-electron chi connectivity index (χ4n) is 2.45. The Morgan fingerprint density at radius 1 is 1.28 bits per heavy atom. The molecule has 126 valence electrons. The predicted molar refractivity (Wildman–Crippen MR) is 99.0 cm³/mol. The number of fused-ring (bicyclic) bond motifs is 1. The highest BCUT2D eigenvalue weighted by Gasteiger charge is 2.09. The van der Waals surface area contributed by atoms with Crippen LogP contribution in [-0.2, 0) is 5.75 Å². The van der Waals surface area contributed by atoms with Crippen LogP contribution in [0.3, 0.4) is 0 Å². The van der Waals surface area contributed by atoms with Gasteiger partial charge in [0, 0.05) is 41.9 Å². The third-order valence-electron chi connectivity index (χ3n) is 3.64. The number of hydrogen-bond donors (Lipinski definition) is 0. The lowest BCUT2D eigenvalue weighted by molar-refractivity contribution is 0.414. The van der Waals surface area contributed by atoms with E-state index in [4.69, 9.17) is 4.74 Å². The van der Waals surface area contributed by atoms with Gasteiger partial charge in [-0.3, -0.25) is 13.8 Å². The number of ether oxygens (including phenoxy) is 1. The molecule has 4 aromatic rings. The highest BCUT2D eigenvalue weighted by molar-refractivity contribution is 7.98. The van der Waals surface area contributed by atoms with Crippen molar-refractivity contribution in [2.45, 2.75) is 10.9 Å². The van der Waals surface area contributed by atoms with E-state index in [9.17, 15) is 4.79 Å². The van der Waals surface area contributed by atoms with Gasteiger partial charge in [0.2, 0.25) is 0 Å². The second kappa shape index (κ2) is 6.73. The van der Waals surface area contributed by atoms with Gasteiger partial charge in [0.1, 0.15) is 5.75 Å². The topological polar surface area (TPSA) is 61.4 Å². The number of methoxy groups -OCH3 is 1. The van der Waals surface area contributed by atoms with Crippen molar-refractivity contribution < 1.29 is 4.74 Å². The van der Waals surface area contributed by atoms with E-state index in [2.05, 4.69) is 9.97 Å². The first-order valence-electron chi connectivity index (χ1n) is 7.51. The van der Waals surface area contributed by atoms with E-state index in [0.29, 0.717) is 10.7 Å². The predicted octanol–water partition coefficient (Wildman–Crippen LogP) is 3.24. The average molecular weight is 370 g/mol. The fourth-order valence-corrected chi connectivity index (χ4v) is 4.06. The third kappa shape index (κ3) is 3.18. The summed E-state index contributed by atoms with van der Waals surface area (Å²) in [5.74, 6) is 1.37. The van der Waals surface area contributed by atoms with Crippen LogP contribution >= 0.6 is 23.1 Å². The van der Waals surface area contributed by atoms with E-state index in [-0.39, 0.29) is 5.56 Å². The lowest BCUT2D eigenvalue weighted by Crippen LogP contribution is -2.12. The number of imidazole rings is 1. The molecule has 6 nitrogen and oxygen atoms in total. The van der Waals surface area contributed by atoms with E-state index in [0.717, 1.165) is 22.3 Å². The van der Waals surface area contributed by atoms with Crippen molar-refractivity contribution in [1.82, 2.24) is 18.9 Å². The summed E-state index contributed by atoms with van der Waals surface area (Å²) in [4.78, 5) is 21.7. The second-order valence-corrected chi connectivity index (χ2v) is 7.03. The lowest BCUT2D eigenvalue weighted by atomic mass is 10.3. The first-order valence-corrected chi connectivity index (χ1v) is 9.37. The molecule has 0 saturated carbocycles. The molecule has 3 heterocycles. The molecule has 0 radical (unpaired) electrons. The normalized spacial score (nSPS) is 11.1. The summed E-state index contributed by atoms with van der Waals surface area (Å²) < 4.78 is 8.82. The molecular formula is C17H14N4O2S2. The quantitative estimate of drug-likeness (QED) is 0.505. The highest BCUT2D eigenvalue weighted by atomic mass is 32.2. The van der Waals surface area contributed by atoms with Crippen molar-refractivity contribution in [3.8, 4) is 11.4 Å². The Morgan fingerprint density at radius 2 is 2.20 bits per heavy atom. The molecule has 0 N–H and O–H groups in total. The fraction of sp³-hybridized carbons (Fsp3) is 0.118. The zero-order valence-electron chi connectivity index (χ0n) is 13.3. The molecule has 4 rings (SSSR count). The molecule has 8 heteroatoms. The molecule has 0 unspecified atom stereocenters. The molecule has 0 saturated heterocycles. The standard InChI is InChI=1S/C17H14N4O2S2/c1-23-14-4-2-3-13(10-14)20-6-5-18-16(20)25-11-12-9-15(22)21-7-8-24-17(21)19-12/h2-10H,11H2,1H3. The average Bonchev–Trinajstić information content (AvgIpc) is 3.29. The lowest BCUT2D eigenvalue weighted by Gasteiger charge is -2.09. The van der Waals surface area contributed by atoms with Gasteiger partial charge in [-0.25, -0.2) is 9.97 Å². The van der Waals surface area contributed by atoms with Crippen LogP contribution in [0.4, 0.5) is 0 Å². The summed E-state index contributed by atoms with van der Waals surface area (Å²) in [6.45, 7) is 0. The van der Waals surface area contributed by atoms with Crippen LogP contribution in [0.15, 0.2) is 64.3 Å². The Labute approximate surface area is 151 Å². The first-order chi connectivity index (χ1) is 12.2. The molecule has 0 fully saturated rings. The van der Waals surface area contributed by atoms with E-state index < -0.39 is 0 Å². The Balaban J connectivity index is 1.59. The van der Waals surface area contributed by atoms with Crippen LogP contribution in [-0.4, -0.2) is 26.0 Å².